The van der Waals surface area contributed by atoms with E-state index < -0.39 is 46.9 Å². The molecule has 0 aromatic heterocycles. The molecule has 1 saturated heterocycles. The van der Waals surface area contributed by atoms with E-state index in [2.05, 4.69) is 10.6 Å². The number of benzene rings is 1. The minimum atomic E-state index is -1.21. The van der Waals surface area contributed by atoms with Crippen molar-refractivity contribution in [3.05, 3.63) is 24.0 Å². The van der Waals surface area contributed by atoms with Crippen molar-refractivity contribution in [2.24, 2.45) is 0 Å². The number of hydrogen-bond acceptors (Lipinski definition) is 6. The van der Waals surface area contributed by atoms with Gasteiger partial charge in [0.2, 0.25) is 5.91 Å². The molecular formula is C23H32FN3O6. The fourth-order valence-corrected chi connectivity index (χ4v) is 4.41. The molecule has 3 rings (SSSR count). The number of halogens is 1. The minimum Gasteiger partial charge on any atom is -0.479 e. The van der Waals surface area contributed by atoms with Gasteiger partial charge in [-0.25, -0.2) is 9.18 Å². The summed E-state index contributed by atoms with van der Waals surface area (Å²) in [5, 5.41) is 5.48. The van der Waals surface area contributed by atoms with Gasteiger partial charge in [-0.15, -0.1) is 0 Å². The highest BCUT2D eigenvalue weighted by atomic mass is 19.1. The third kappa shape index (κ3) is 4.90. The van der Waals surface area contributed by atoms with Gasteiger partial charge in [0.1, 0.15) is 17.7 Å². The molecule has 0 bridgehead atoms. The van der Waals surface area contributed by atoms with Crippen molar-refractivity contribution >= 4 is 23.6 Å². The first-order chi connectivity index (χ1) is 15.5. The summed E-state index contributed by atoms with van der Waals surface area (Å²) in [5.41, 5.74) is -1.73. The first-order valence-corrected chi connectivity index (χ1v) is 11.1. The van der Waals surface area contributed by atoms with Gasteiger partial charge >= 0.3 is 6.09 Å². The Morgan fingerprint density at radius 2 is 2.00 bits per heavy atom. The SMILES string of the molecule is CC[C@@H](C(=O)N[C@H]1C(=O)Nc2cccc(F)c2OC12CCOCC2)N(C(=O)OC)C(C)(C)C. The van der Waals surface area contributed by atoms with Gasteiger partial charge in [-0.05, 0) is 39.3 Å². The van der Waals surface area contributed by atoms with E-state index in [4.69, 9.17) is 14.2 Å². The second-order valence-corrected chi connectivity index (χ2v) is 9.26. The maximum atomic E-state index is 14.6. The predicted molar refractivity (Wildman–Crippen MR) is 118 cm³/mol. The number of ether oxygens (including phenoxy) is 3. The number of amides is 3. The van der Waals surface area contributed by atoms with Crippen LogP contribution in [0.4, 0.5) is 14.9 Å². The standard InChI is InChI=1S/C23H32FN3O6/c1-6-16(27(21(30)31-5)22(2,3)4)19(28)26-18-20(29)25-15-9-7-8-14(24)17(15)33-23(18)10-12-32-13-11-23/h7-9,16,18H,6,10-13H2,1-5H3,(H,25,29)(H,26,28)/t16-,18-/m0/s1. The van der Waals surface area contributed by atoms with Gasteiger partial charge in [-0.1, -0.05) is 13.0 Å². The Balaban J connectivity index is 1.97. The molecule has 2 N–H and O–H groups in total. The maximum Gasteiger partial charge on any atom is 0.410 e. The number of methoxy groups -OCH3 is 1. The third-order valence-electron chi connectivity index (χ3n) is 6.04. The molecule has 2 aliphatic heterocycles. The molecule has 2 atom stereocenters. The molecule has 1 spiro atoms. The fourth-order valence-electron chi connectivity index (χ4n) is 4.41. The van der Waals surface area contributed by atoms with E-state index >= 15 is 0 Å². The van der Waals surface area contributed by atoms with Gasteiger partial charge in [0, 0.05) is 18.4 Å². The molecule has 2 heterocycles. The molecule has 0 unspecified atom stereocenters. The Kier molecular flexibility index (Phi) is 7.16. The van der Waals surface area contributed by atoms with E-state index in [0.717, 1.165) is 0 Å². The van der Waals surface area contributed by atoms with Crippen LogP contribution in [-0.2, 0) is 19.1 Å². The summed E-state index contributed by atoms with van der Waals surface area (Å²) < 4.78 is 31.1. The zero-order valence-electron chi connectivity index (χ0n) is 19.7. The van der Waals surface area contributed by atoms with Crippen molar-refractivity contribution in [3.63, 3.8) is 0 Å². The Morgan fingerprint density at radius 3 is 2.58 bits per heavy atom. The summed E-state index contributed by atoms with van der Waals surface area (Å²) in [6.07, 6.45) is 0.186. The van der Waals surface area contributed by atoms with E-state index in [1.165, 1.54) is 24.1 Å². The number of carbonyl (C=O) groups is 3. The maximum absolute atomic E-state index is 14.6. The van der Waals surface area contributed by atoms with Crippen molar-refractivity contribution in [1.29, 1.82) is 0 Å². The van der Waals surface area contributed by atoms with Crippen molar-refractivity contribution in [1.82, 2.24) is 10.2 Å². The quantitative estimate of drug-likeness (QED) is 0.708. The van der Waals surface area contributed by atoms with Gasteiger partial charge in [-0.2, -0.15) is 0 Å². The molecule has 0 saturated carbocycles. The Morgan fingerprint density at radius 1 is 1.33 bits per heavy atom. The van der Waals surface area contributed by atoms with Gasteiger partial charge in [0.15, 0.2) is 11.6 Å². The lowest BCUT2D eigenvalue weighted by Gasteiger charge is -2.43. The van der Waals surface area contributed by atoms with E-state index in [9.17, 15) is 18.8 Å². The van der Waals surface area contributed by atoms with Crippen molar-refractivity contribution in [2.45, 2.75) is 70.2 Å². The topological polar surface area (TPSA) is 106 Å². The molecule has 1 aromatic rings. The van der Waals surface area contributed by atoms with E-state index in [1.54, 1.807) is 33.8 Å². The van der Waals surface area contributed by atoms with Crippen LogP contribution in [0.15, 0.2) is 18.2 Å². The summed E-state index contributed by atoms with van der Waals surface area (Å²) in [6.45, 7) is 7.72. The molecule has 2 aliphatic rings. The summed E-state index contributed by atoms with van der Waals surface area (Å²) >= 11 is 0. The second kappa shape index (κ2) is 9.54. The summed E-state index contributed by atoms with van der Waals surface area (Å²) in [7, 11) is 1.25. The lowest BCUT2D eigenvalue weighted by molar-refractivity contribution is -0.139. The average Bonchev–Trinajstić information content (AvgIpc) is 2.87. The van der Waals surface area contributed by atoms with Crippen LogP contribution in [0, 0.1) is 5.82 Å². The number of fused-ring (bicyclic) bond motifs is 1. The Labute approximate surface area is 192 Å². The Hall–Kier alpha value is -2.88. The van der Waals surface area contributed by atoms with Crippen molar-refractivity contribution in [2.75, 3.05) is 25.6 Å². The predicted octanol–water partition coefficient (Wildman–Crippen LogP) is 2.84. The number of carbonyl (C=O) groups excluding carboxylic acids is 3. The van der Waals surface area contributed by atoms with Gasteiger partial charge in [0.05, 0.1) is 26.0 Å². The highest BCUT2D eigenvalue weighted by Gasteiger charge is 2.51. The van der Waals surface area contributed by atoms with Crippen LogP contribution in [-0.4, -0.2) is 66.4 Å². The number of nitrogens with one attached hydrogen (secondary N) is 2. The number of nitrogens with zero attached hydrogens (tertiary/aromatic N) is 1. The normalized spacial score (nSPS) is 20.5. The highest BCUT2D eigenvalue weighted by molar-refractivity contribution is 6.01. The third-order valence-corrected chi connectivity index (χ3v) is 6.04. The van der Waals surface area contributed by atoms with Crippen molar-refractivity contribution in [3.8, 4) is 5.75 Å². The largest absolute Gasteiger partial charge is 0.479 e. The minimum absolute atomic E-state index is 0.0672. The number of hydrogen-bond donors (Lipinski definition) is 2. The number of para-hydroxylation sites is 1. The van der Waals surface area contributed by atoms with Crippen LogP contribution in [0.3, 0.4) is 0 Å². The molecule has 1 aromatic carbocycles. The molecule has 9 nitrogen and oxygen atoms in total. The van der Waals surface area contributed by atoms with Crippen LogP contribution in [0.2, 0.25) is 0 Å². The van der Waals surface area contributed by atoms with Crippen molar-refractivity contribution < 1.29 is 33.0 Å². The molecule has 0 radical (unpaired) electrons. The van der Waals surface area contributed by atoms with Crippen LogP contribution in [0.1, 0.15) is 47.0 Å². The summed E-state index contributed by atoms with van der Waals surface area (Å²) in [6, 6.07) is 2.24. The summed E-state index contributed by atoms with van der Waals surface area (Å²) in [4.78, 5) is 40.6. The molecule has 0 aliphatic carbocycles. The molecule has 3 amide bonds. The molecule has 33 heavy (non-hydrogen) atoms. The van der Waals surface area contributed by atoms with Gasteiger partial charge in [0.25, 0.3) is 5.91 Å². The molecular weight excluding hydrogens is 433 g/mol. The zero-order chi connectivity index (χ0) is 24.4. The fraction of sp³-hybridized carbons (Fsp3) is 0.609. The first kappa shape index (κ1) is 24.8. The van der Waals surface area contributed by atoms with Gasteiger partial charge < -0.3 is 24.8 Å². The van der Waals surface area contributed by atoms with E-state index in [0.29, 0.717) is 6.42 Å². The lowest BCUT2D eigenvalue weighted by Crippen LogP contribution is -2.65. The van der Waals surface area contributed by atoms with Gasteiger partial charge in [-0.3, -0.25) is 14.5 Å². The van der Waals surface area contributed by atoms with Crippen LogP contribution in [0.5, 0.6) is 5.75 Å². The molecule has 1 fully saturated rings. The molecule has 182 valence electrons. The number of anilines is 1. The van der Waals surface area contributed by atoms with Crippen LogP contribution >= 0.6 is 0 Å². The lowest BCUT2D eigenvalue weighted by atomic mass is 9.85. The van der Waals surface area contributed by atoms with Crippen LogP contribution in [0.25, 0.3) is 0 Å². The monoisotopic (exact) mass is 465 g/mol. The Bertz CT molecular complexity index is 910. The first-order valence-electron chi connectivity index (χ1n) is 11.1. The summed E-state index contributed by atoms with van der Waals surface area (Å²) in [5.74, 6) is -1.73. The average molecular weight is 466 g/mol. The highest BCUT2D eigenvalue weighted by Crippen LogP contribution is 2.40. The molecule has 10 heteroatoms. The zero-order valence-corrected chi connectivity index (χ0v) is 19.7. The van der Waals surface area contributed by atoms with Crippen LogP contribution < -0.4 is 15.4 Å². The number of rotatable bonds is 4. The van der Waals surface area contributed by atoms with E-state index in [-0.39, 0.29) is 37.5 Å². The van der Waals surface area contributed by atoms with E-state index in [1.807, 2.05) is 0 Å². The second-order valence-electron chi connectivity index (χ2n) is 9.26. The smallest absolute Gasteiger partial charge is 0.410 e.